The lowest BCUT2D eigenvalue weighted by molar-refractivity contribution is -0.125. The first kappa shape index (κ1) is 17.4. The number of benzene rings is 1. The minimum atomic E-state index is -0.341. The van der Waals surface area contributed by atoms with Crippen LogP contribution in [0.2, 0.25) is 0 Å². The molecule has 7 heteroatoms. The van der Waals surface area contributed by atoms with Crippen molar-refractivity contribution in [2.24, 2.45) is 5.92 Å². The maximum Gasteiger partial charge on any atom is 0.258 e. The number of carbonyl (C=O) groups excluding carboxylic acids is 2. The molecule has 1 aromatic heterocycles. The standard InChI is InChI=1S/C18H21N3O3S/c1-12-7-8-14-15(9-12)25-18(20-14)21-16(22)10-19-17(23)11-24-13-5-3-2-4-6-13/h2-6,12H,7-11H2,1H3,(H,19,23)(H,20,21,22)/t12-/m1/s1. The van der Waals surface area contributed by atoms with E-state index in [-0.39, 0.29) is 25.0 Å². The third kappa shape index (κ3) is 5.03. The lowest BCUT2D eigenvalue weighted by Crippen LogP contribution is -2.35. The van der Waals surface area contributed by atoms with Gasteiger partial charge in [0.15, 0.2) is 11.7 Å². The predicted molar refractivity (Wildman–Crippen MR) is 96.9 cm³/mol. The summed E-state index contributed by atoms with van der Waals surface area (Å²) >= 11 is 1.53. The van der Waals surface area contributed by atoms with Crippen LogP contribution in [0, 0.1) is 5.92 Å². The van der Waals surface area contributed by atoms with E-state index in [4.69, 9.17) is 4.74 Å². The van der Waals surface area contributed by atoms with Gasteiger partial charge in [-0.25, -0.2) is 4.98 Å². The second-order valence-corrected chi connectivity index (χ2v) is 7.25. The predicted octanol–water partition coefficient (Wildman–Crippen LogP) is 2.40. The fourth-order valence-corrected chi connectivity index (χ4v) is 3.84. The number of amides is 2. The molecule has 1 aliphatic rings. The first-order valence-corrected chi connectivity index (χ1v) is 9.15. The minimum Gasteiger partial charge on any atom is -0.484 e. The molecule has 2 amide bonds. The SMILES string of the molecule is C[C@@H]1CCc2nc(NC(=O)CNC(=O)COc3ccccc3)sc2C1. The summed E-state index contributed by atoms with van der Waals surface area (Å²) in [6.45, 7) is 2.01. The van der Waals surface area contributed by atoms with E-state index in [0.717, 1.165) is 25.0 Å². The van der Waals surface area contributed by atoms with Crippen molar-refractivity contribution in [3.05, 3.63) is 40.9 Å². The Hall–Kier alpha value is -2.41. The Morgan fingerprint density at radius 1 is 1.28 bits per heavy atom. The summed E-state index contributed by atoms with van der Waals surface area (Å²) in [7, 11) is 0. The second-order valence-electron chi connectivity index (χ2n) is 6.16. The highest BCUT2D eigenvalue weighted by Crippen LogP contribution is 2.31. The largest absolute Gasteiger partial charge is 0.484 e. The highest BCUT2D eigenvalue weighted by molar-refractivity contribution is 7.15. The van der Waals surface area contributed by atoms with Gasteiger partial charge in [-0.15, -0.1) is 11.3 Å². The van der Waals surface area contributed by atoms with E-state index in [9.17, 15) is 9.59 Å². The number of hydrogen-bond donors (Lipinski definition) is 2. The highest BCUT2D eigenvalue weighted by atomic mass is 32.1. The zero-order valence-electron chi connectivity index (χ0n) is 14.1. The summed E-state index contributed by atoms with van der Waals surface area (Å²) in [6, 6.07) is 9.06. The molecular formula is C18H21N3O3S. The van der Waals surface area contributed by atoms with Crippen molar-refractivity contribution < 1.29 is 14.3 Å². The monoisotopic (exact) mass is 359 g/mol. The van der Waals surface area contributed by atoms with Gasteiger partial charge in [-0.3, -0.25) is 9.59 Å². The second kappa shape index (κ2) is 8.11. The van der Waals surface area contributed by atoms with Gasteiger partial charge in [0.2, 0.25) is 5.91 Å². The Bertz CT molecular complexity index is 745. The Labute approximate surface area is 150 Å². The Morgan fingerprint density at radius 2 is 2.08 bits per heavy atom. The topological polar surface area (TPSA) is 80.3 Å². The number of fused-ring (bicyclic) bond motifs is 1. The fourth-order valence-electron chi connectivity index (χ4n) is 2.65. The molecule has 3 rings (SSSR count). The summed E-state index contributed by atoms with van der Waals surface area (Å²) in [6.07, 6.45) is 3.13. The number of carbonyl (C=O) groups is 2. The van der Waals surface area contributed by atoms with Gasteiger partial charge in [-0.1, -0.05) is 25.1 Å². The van der Waals surface area contributed by atoms with Gasteiger partial charge in [0.05, 0.1) is 12.2 Å². The Morgan fingerprint density at radius 3 is 2.88 bits per heavy atom. The van der Waals surface area contributed by atoms with Crippen molar-refractivity contribution >= 4 is 28.3 Å². The summed E-state index contributed by atoms with van der Waals surface area (Å²) in [5.41, 5.74) is 1.10. The van der Waals surface area contributed by atoms with E-state index in [0.29, 0.717) is 16.8 Å². The first-order valence-electron chi connectivity index (χ1n) is 8.33. The molecule has 0 unspecified atom stereocenters. The van der Waals surface area contributed by atoms with Gasteiger partial charge < -0.3 is 15.4 Å². The lowest BCUT2D eigenvalue weighted by Gasteiger charge is -2.15. The van der Waals surface area contributed by atoms with Crippen molar-refractivity contribution in [3.63, 3.8) is 0 Å². The smallest absolute Gasteiger partial charge is 0.258 e. The van der Waals surface area contributed by atoms with Crippen LogP contribution in [0.4, 0.5) is 5.13 Å². The third-order valence-corrected chi connectivity index (χ3v) is 5.03. The summed E-state index contributed by atoms with van der Waals surface area (Å²) in [5.74, 6) is 0.656. The summed E-state index contributed by atoms with van der Waals surface area (Å²) in [5, 5.41) is 5.91. The van der Waals surface area contributed by atoms with E-state index < -0.39 is 0 Å². The maximum atomic E-state index is 12.0. The molecule has 1 aliphatic carbocycles. The van der Waals surface area contributed by atoms with Crippen LogP contribution in [0.15, 0.2) is 30.3 Å². The van der Waals surface area contributed by atoms with Crippen LogP contribution in [0.1, 0.15) is 23.9 Å². The normalized spacial score (nSPS) is 16.0. The summed E-state index contributed by atoms with van der Waals surface area (Å²) < 4.78 is 5.33. The van der Waals surface area contributed by atoms with Gasteiger partial charge in [-0.05, 0) is 37.3 Å². The van der Waals surface area contributed by atoms with E-state index >= 15 is 0 Å². The van der Waals surface area contributed by atoms with Crippen molar-refractivity contribution in [3.8, 4) is 5.75 Å². The molecule has 132 valence electrons. The number of nitrogens with zero attached hydrogens (tertiary/aromatic N) is 1. The van der Waals surface area contributed by atoms with Gasteiger partial charge in [0.1, 0.15) is 5.75 Å². The average Bonchev–Trinajstić information content (AvgIpc) is 3.00. The van der Waals surface area contributed by atoms with Crippen LogP contribution in [-0.4, -0.2) is 29.9 Å². The molecule has 1 atom stereocenters. The van der Waals surface area contributed by atoms with Gasteiger partial charge in [-0.2, -0.15) is 0 Å². The molecule has 0 saturated heterocycles. The van der Waals surface area contributed by atoms with Gasteiger partial charge in [0.25, 0.3) is 5.91 Å². The van der Waals surface area contributed by atoms with E-state index in [1.165, 1.54) is 16.2 Å². The van der Waals surface area contributed by atoms with E-state index in [1.807, 2.05) is 18.2 Å². The maximum absolute atomic E-state index is 12.0. The quantitative estimate of drug-likeness (QED) is 0.830. The molecule has 6 nitrogen and oxygen atoms in total. The molecular weight excluding hydrogens is 338 g/mol. The molecule has 0 fully saturated rings. The minimum absolute atomic E-state index is 0.0996. The molecule has 0 aliphatic heterocycles. The number of thiazole rings is 1. The first-order chi connectivity index (χ1) is 12.1. The van der Waals surface area contributed by atoms with Crippen molar-refractivity contribution in [1.82, 2.24) is 10.3 Å². The molecule has 2 aromatic rings. The molecule has 1 heterocycles. The Balaban J connectivity index is 1.41. The molecule has 2 N–H and O–H groups in total. The van der Waals surface area contributed by atoms with E-state index in [1.54, 1.807) is 12.1 Å². The zero-order chi connectivity index (χ0) is 17.6. The molecule has 0 radical (unpaired) electrons. The van der Waals surface area contributed by atoms with Crippen molar-refractivity contribution in [2.45, 2.75) is 26.2 Å². The number of rotatable bonds is 6. The molecule has 1 aromatic carbocycles. The third-order valence-electron chi connectivity index (χ3n) is 3.99. The van der Waals surface area contributed by atoms with Gasteiger partial charge in [0, 0.05) is 4.88 Å². The van der Waals surface area contributed by atoms with Crippen LogP contribution in [-0.2, 0) is 22.4 Å². The average molecular weight is 359 g/mol. The van der Waals surface area contributed by atoms with Crippen LogP contribution in [0.5, 0.6) is 5.75 Å². The number of nitrogens with one attached hydrogen (secondary N) is 2. The summed E-state index contributed by atoms with van der Waals surface area (Å²) in [4.78, 5) is 29.4. The highest BCUT2D eigenvalue weighted by Gasteiger charge is 2.20. The molecule has 25 heavy (non-hydrogen) atoms. The van der Waals surface area contributed by atoms with Crippen LogP contribution < -0.4 is 15.4 Å². The Kier molecular flexibility index (Phi) is 5.65. The lowest BCUT2D eigenvalue weighted by atomic mass is 9.93. The van der Waals surface area contributed by atoms with Crippen LogP contribution in [0.3, 0.4) is 0 Å². The number of aromatic nitrogens is 1. The number of para-hydroxylation sites is 1. The van der Waals surface area contributed by atoms with Crippen molar-refractivity contribution in [2.75, 3.05) is 18.5 Å². The molecule has 0 spiro atoms. The number of anilines is 1. The molecule has 0 saturated carbocycles. The van der Waals surface area contributed by atoms with Crippen LogP contribution >= 0.6 is 11.3 Å². The number of ether oxygens (including phenoxy) is 1. The van der Waals surface area contributed by atoms with Crippen molar-refractivity contribution in [1.29, 1.82) is 0 Å². The fraction of sp³-hybridized carbons (Fsp3) is 0.389. The van der Waals surface area contributed by atoms with Crippen LogP contribution in [0.25, 0.3) is 0 Å². The number of hydrogen-bond acceptors (Lipinski definition) is 5. The van der Waals surface area contributed by atoms with Gasteiger partial charge >= 0.3 is 0 Å². The number of aryl methyl sites for hydroxylation is 1. The molecule has 0 bridgehead atoms. The zero-order valence-corrected chi connectivity index (χ0v) is 14.9. The van der Waals surface area contributed by atoms with E-state index in [2.05, 4.69) is 22.5 Å².